The molecule has 1 unspecified atom stereocenters. The number of carbonyl (C=O) groups is 1. The standard InChI is InChI=1S/C22H26N2O/c25-21(20-14-22(20)9-11-23-12-10-22)24(19-7-8-19)15-16-5-6-17-3-1-2-4-18(17)13-16/h1-6,13,19-20,23H,7-12,14-15H2. The summed E-state index contributed by atoms with van der Waals surface area (Å²) in [6, 6.07) is 15.6. The van der Waals surface area contributed by atoms with Gasteiger partial charge < -0.3 is 10.2 Å². The van der Waals surface area contributed by atoms with Gasteiger partial charge in [-0.15, -0.1) is 0 Å². The molecule has 5 rings (SSSR count). The monoisotopic (exact) mass is 334 g/mol. The van der Waals surface area contributed by atoms with Crippen LogP contribution in [0.2, 0.25) is 0 Å². The van der Waals surface area contributed by atoms with E-state index in [4.69, 9.17) is 0 Å². The Morgan fingerprint density at radius 3 is 2.60 bits per heavy atom. The molecule has 1 spiro atoms. The maximum Gasteiger partial charge on any atom is 0.226 e. The van der Waals surface area contributed by atoms with Gasteiger partial charge in [-0.3, -0.25) is 4.79 Å². The van der Waals surface area contributed by atoms with E-state index in [1.165, 1.54) is 42.0 Å². The van der Waals surface area contributed by atoms with Gasteiger partial charge >= 0.3 is 0 Å². The van der Waals surface area contributed by atoms with Crippen molar-refractivity contribution in [2.45, 2.75) is 44.7 Å². The van der Waals surface area contributed by atoms with Crippen LogP contribution in [-0.4, -0.2) is 29.9 Å². The topological polar surface area (TPSA) is 32.3 Å². The third kappa shape index (κ3) is 2.85. The maximum absolute atomic E-state index is 13.2. The SMILES string of the molecule is O=C(C1CC12CCNCC2)N(Cc1ccc2ccccc2c1)C1CC1. The zero-order valence-electron chi connectivity index (χ0n) is 14.7. The van der Waals surface area contributed by atoms with Crippen molar-refractivity contribution in [1.29, 1.82) is 0 Å². The largest absolute Gasteiger partial charge is 0.335 e. The van der Waals surface area contributed by atoms with Crippen LogP contribution in [0.1, 0.15) is 37.7 Å². The van der Waals surface area contributed by atoms with E-state index in [0.29, 0.717) is 17.4 Å². The molecule has 25 heavy (non-hydrogen) atoms. The van der Waals surface area contributed by atoms with Crippen molar-refractivity contribution >= 4 is 16.7 Å². The molecule has 3 heteroatoms. The van der Waals surface area contributed by atoms with Crippen molar-refractivity contribution in [1.82, 2.24) is 10.2 Å². The van der Waals surface area contributed by atoms with E-state index < -0.39 is 0 Å². The highest BCUT2D eigenvalue weighted by atomic mass is 16.2. The minimum atomic E-state index is 0.288. The third-order valence-corrected chi connectivity index (χ3v) is 6.52. The van der Waals surface area contributed by atoms with Crippen LogP contribution in [0.25, 0.3) is 10.8 Å². The van der Waals surface area contributed by atoms with Crippen molar-refractivity contribution in [3.8, 4) is 0 Å². The maximum atomic E-state index is 13.2. The molecule has 130 valence electrons. The summed E-state index contributed by atoms with van der Waals surface area (Å²) in [5.41, 5.74) is 1.60. The summed E-state index contributed by atoms with van der Waals surface area (Å²) >= 11 is 0. The van der Waals surface area contributed by atoms with Crippen LogP contribution in [0.3, 0.4) is 0 Å². The molecule has 2 saturated carbocycles. The molecule has 0 radical (unpaired) electrons. The molecule has 0 bridgehead atoms. The molecule has 1 amide bonds. The summed E-state index contributed by atoms with van der Waals surface area (Å²) in [6.45, 7) is 2.94. The second-order valence-corrected chi connectivity index (χ2v) is 8.25. The second-order valence-electron chi connectivity index (χ2n) is 8.25. The van der Waals surface area contributed by atoms with E-state index in [1.807, 2.05) is 0 Å². The van der Waals surface area contributed by atoms with E-state index in [9.17, 15) is 4.79 Å². The lowest BCUT2D eigenvalue weighted by Gasteiger charge is -2.27. The average Bonchev–Trinajstić information content (AvgIpc) is 3.57. The zero-order valence-corrected chi connectivity index (χ0v) is 14.7. The minimum absolute atomic E-state index is 0.288. The Morgan fingerprint density at radius 1 is 1.08 bits per heavy atom. The van der Waals surface area contributed by atoms with Gasteiger partial charge in [0.1, 0.15) is 0 Å². The highest BCUT2D eigenvalue weighted by Gasteiger charge is 2.59. The number of nitrogens with one attached hydrogen (secondary N) is 1. The molecule has 2 aromatic carbocycles. The van der Waals surface area contributed by atoms with Crippen LogP contribution in [0, 0.1) is 11.3 Å². The summed E-state index contributed by atoms with van der Waals surface area (Å²) in [5.74, 6) is 0.716. The Kier molecular flexibility index (Phi) is 3.60. The second kappa shape index (κ2) is 5.84. The first-order chi connectivity index (χ1) is 12.3. The van der Waals surface area contributed by atoms with Crippen LogP contribution < -0.4 is 5.32 Å². The van der Waals surface area contributed by atoms with Gasteiger partial charge in [0, 0.05) is 18.5 Å². The Balaban J connectivity index is 1.35. The van der Waals surface area contributed by atoms with Gasteiger partial charge in [-0.1, -0.05) is 36.4 Å². The van der Waals surface area contributed by atoms with Gasteiger partial charge in [-0.05, 0) is 73.0 Å². The van der Waals surface area contributed by atoms with Gasteiger partial charge in [-0.25, -0.2) is 0 Å². The summed E-state index contributed by atoms with van der Waals surface area (Å²) in [4.78, 5) is 15.4. The lowest BCUT2D eigenvalue weighted by atomic mass is 9.91. The highest BCUT2D eigenvalue weighted by molar-refractivity contribution is 5.85. The Hall–Kier alpha value is -1.87. The Labute approximate surface area is 149 Å². The predicted molar refractivity (Wildman–Crippen MR) is 100 cm³/mol. The smallest absolute Gasteiger partial charge is 0.226 e. The van der Waals surface area contributed by atoms with E-state index in [2.05, 4.69) is 52.7 Å². The number of nitrogens with zero attached hydrogens (tertiary/aromatic N) is 1. The fourth-order valence-electron chi connectivity index (χ4n) is 4.68. The lowest BCUT2D eigenvalue weighted by molar-refractivity contribution is -0.134. The number of hydrogen-bond acceptors (Lipinski definition) is 2. The van der Waals surface area contributed by atoms with Crippen LogP contribution >= 0.6 is 0 Å². The van der Waals surface area contributed by atoms with E-state index in [0.717, 1.165) is 26.1 Å². The van der Waals surface area contributed by atoms with Crippen molar-refractivity contribution < 1.29 is 4.79 Å². The molecule has 2 aromatic rings. The molecule has 3 aliphatic rings. The number of hydrogen-bond donors (Lipinski definition) is 1. The van der Waals surface area contributed by atoms with Crippen molar-refractivity contribution in [2.75, 3.05) is 13.1 Å². The predicted octanol–water partition coefficient (Wildman–Crippen LogP) is 3.72. The number of carbonyl (C=O) groups excluding carboxylic acids is 1. The first-order valence-corrected chi connectivity index (χ1v) is 9.74. The molecule has 1 heterocycles. The summed E-state index contributed by atoms with van der Waals surface area (Å²) < 4.78 is 0. The van der Waals surface area contributed by atoms with E-state index in [1.54, 1.807) is 0 Å². The summed E-state index contributed by atoms with van der Waals surface area (Å²) in [6.07, 6.45) is 5.84. The van der Waals surface area contributed by atoms with Gasteiger partial charge in [-0.2, -0.15) is 0 Å². The quantitative estimate of drug-likeness (QED) is 0.924. The third-order valence-electron chi connectivity index (χ3n) is 6.52. The molecule has 3 nitrogen and oxygen atoms in total. The first-order valence-electron chi connectivity index (χ1n) is 9.74. The molecule has 1 saturated heterocycles. The number of piperidine rings is 1. The summed E-state index contributed by atoms with van der Waals surface area (Å²) in [7, 11) is 0. The van der Waals surface area contributed by atoms with Gasteiger partial charge in [0.25, 0.3) is 0 Å². The van der Waals surface area contributed by atoms with Gasteiger partial charge in [0.05, 0.1) is 0 Å². The molecule has 3 fully saturated rings. The van der Waals surface area contributed by atoms with Crippen LogP contribution in [0.15, 0.2) is 42.5 Å². The molecular weight excluding hydrogens is 308 g/mol. The van der Waals surface area contributed by atoms with E-state index >= 15 is 0 Å². The average molecular weight is 334 g/mol. The normalized spacial score (nSPS) is 24.4. The van der Waals surface area contributed by atoms with Crippen LogP contribution in [0.4, 0.5) is 0 Å². The number of amides is 1. The summed E-state index contributed by atoms with van der Waals surface area (Å²) in [5, 5.41) is 5.97. The van der Waals surface area contributed by atoms with Crippen LogP contribution in [0.5, 0.6) is 0 Å². The van der Waals surface area contributed by atoms with Gasteiger partial charge in [0.15, 0.2) is 0 Å². The number of rotatable bonds is 4. The Morgan fingerprint density at radius 2 is 1.84 bits per heavy atom. The van der Waals surface area contributed by atoms with Gasteiger partial charge in [0.2, 0.25) is 5.91 Å². The lowest BCUT2D eigenvalue weighted by Crippen LogP contribution is -2.37. The first kappa shape index (κ1) is 15.4. The zero-order chi connectivity index (χ0) is 16.9. The molecule has 1 N–H and O–H groups in total. The molecule has 1 atom stereocenters. The van der Waals surface area contributed by atoms with Crippen molar-refractivity contribution in [3.63, 3.8) is 0 Å². The number of benzene rings is 2. The number of fused-ring (bicyclic) bond motifs is 1. The van der Waals surface area contributed by atoms with Crippen molar-refractivity contribution in [2.24, 2.45) is 11.3 Å². The van der Waals surface area contributed by atoms with Crippen LogP contribution in [-0.2, 0) is 11.3 Å². The minimum Gasteiger partial charge on any atom is -0.335 e. The van der Waals surface area contributed by atoms with E-state index in [-0.39, 0.29) is 5.92 Å². The highest BCUT2D eigenvalue weighted by Crippen LogP contribution is 2.59. The Bertz CT molecular complexity index is 805. The fraction of sp³-hybridized carbons (Fsp3) is 0.500. The molecule has 0 aromatic heterocycles. The fourth-order valence-corrected chi connectivity index (χ4v) is 4.68. The molecule has 2 aliphatic carbocycles. The van der Waals surface area contributed by atoms with Crippen molar-refractivity contribution in [3.05, 3.63) is 48.0 Å². The molecule has 1 aliphatic heterocycles. The molecular formula is C22H26N2O.